The summed E-state index contributed by atoms with van der Waals surface area (Å²) in [7, 11) is -3.68. The van der Waals surface area contributed by atoms with Gasteiger partial charge in [-0.15, -0.1) is 11.3 Å². The molecule has 0 aliphatic heterocycles. The van der Waals surface area contributed by atoms with E-state index in [2.05, 4.69) is 9.71 Å². The number of aryl methyl sites for hydroxylation is 2. The fourth-order valence-corrected chi connectivity index (χ4v) is 4.17. The van der Waals surface area contributed by atoms with Crippen LogP contribution in [0, 0.1) is 13.8 Å². The second-order valence-corrected chi connectivity index (χ2v) is 7.59. The number of H-pyrrole nitrogens is 1. The van der Waals surface area contributed by atoms with Crippen molar-refractivity contribution in [3.05, 3.63) is 44.1 Å². The van der Waals surface area contributed by atoms with Crippen LogP contribution in [0.25, 0.3) is 0 Å². The van der Waals surface area contributed by atoms with Crippen LogP contribution >= 0.6 is 22.9 Å². The highest BCUT2D eigenvalue weighted by molar-refractivity contribution is 7.94. The lowest BCUT2D eigenvalue weighted by molar-refractivity contribution is 0.603. The largest absolute Gasteiger partial charge is 0.327 e. The van der Waals surface area contributed by atoms with Gasteiger partial charge in [-0.3, -0.25) is 9.52 Å². The van der Waals surface area contributed by atoms with E-state index in [1.54, 1.807) is 13.8 Å². The van der Waals surface area contributed by atoms with Crippen LogP contribution in [0.4, 0.5) is 5.69 Å². The smallest absolute Gasteiger partial charge is 0.271 e. The molecule has 102 valence electrons. The Morgan fingerprint density at radius 3 is 2.47 bits per heavy atom. The predicted octanol–water partition coefficient (Wildman–Crippen LogP) is 2.51. The van der Waals surface area contributed by atoms with E-state index in [-0.39, 0.29) is 9.77 Å². The molecule has 0 saturated carbocycles. The Hall–Kier alpha value is -1.31. The third-order valence-electron chi connectivity index (χ3n) is 2.44. The third kappa shape index (κ3) is 2.99. The molecule has 0 aromatic carbocycles. The standard InChI is InChI=1S/C11H11ClN2O3S2/c1-6-4-9(18-10(6)12)19(16,17)14-8-3-7(2)11(15)13-5-8/h3-5,14H,1-2H3,(H,13,15). The zero-order valence-corrected chi connectivity index (χ0v) is 12.5. The minimum absolute atomic E-state index is 0.138. The molecule has 0 unspecified atom stereocenters. The molecule has 2 heterocycles. The molecule has 2 N–H and O–H groups in total. The number of thiophene rings is 1. The van der Waals surface area contributed by atoms with E-state index in [9.17, 15) is 13.2 Å². The predicted molar refractivity (Wildman–Crippen MR) is 76.7 cm³/mol. The van der Waals surface area contributed by atoms with E-state index >= 15 is 0 Å². The highest BCUT2D eigenvalue weighted by Crippen LogP contribution is 2.31. The lowest BCUT2D eigenvalue weighted by Gasteiger charge is -2.06. The molecule has 0 aliphatic rings. The number of aromatic amines is 1. The average molecular weight is 319 g/mol. The van der Waals surface area contributed by atoms with Gasteiger partial charge in [0, 0.05) is 11.8 Å². The van der Waals surface area contributed by atoms with Gasteiger partial charge in [0.15, 0.2) is 0 Å². The molecule has 2 rings (SSSR count). The van der Waals surface area contributed by atoms with Crippen LogP contribution < -0.4 is 10.3 Å². The SMILES string of the molecule is Cc1cc(S(=O)(=O)Nc2c[nH]c(=O)c(C)c2)sc1Cl. The summed E-state index contributed by atoms with van der Waals surface area (Å²) in [6, 6.07) is 2.98. The van der Waals surface area contributed by atoms with Crippen LogP contribution in [-0.4, -0.2) is 13.4 Å². The average Bonchev–Trinajstić information content (AvgIpc) is 2.65. The van der Waals surface area contributed by atoms with Crippen LogP contribution in [0.3, 0.4) is 0 Å². The molecule has 0 aliphatic carbocycles. The number of nitrogens with one attached hydrogen (secondary N) is 2. The lowest BCUT2D eigenvalue weighted by Crippen LogP contribution is -2.15. The minimum Gasteiger partial charge on any atom is -0.327 e. The van der Waals surface area contributed by atoms with E-state index in [1.807, 2.05) is 0 Å². The summed E-state index contributed by atoms with van der Waals surface area (Å²) in [4.78, 5) is 13.7. The molecule has 0 spiro atoms. The van der Waals surface area contributed by atoms with Gasteiger partial charge >= 0.3 is 0 Å². The maximum atomic E-state index is 12.1. The number of sulfonamides is 1. The highest BCUT2D eigenvalue weighted by atomic mass is 35.5. The molecule has 0 radical (unpaired) electrons. The first-order chi connectivity index (χ1) is 8.79. The third-order valence-corrected chi connectivity index (χ3v) is 5.85. The molecular formula is C11H11ClN2O3S2. The minimum atomic E-state index is -3.68. The maximum Gasteiger partial charge on any atom is 0.271 e. The molecule has 19 heavy (non-hydrogen) atoms. The number of hydrogen-bond donors (Lipinski definition) is 2. The van der Waals surface area contributed by atoms with Crippen molar-refractivity contribution in [2.24, 2.45) is 0 Å². The Balaban J connectivity index is 2.36. The second kappa shape index (κ2) is 4.99. The second-order valence-electron chi connectivity index (χ2n) is 4.03. The molecule has 5 nitrogen and oxygen atoms in total. The van der Waals surface area contributed by atoms with Crippen LogP contribution in [0.1, 0.15) is 11.1 Å². The van der Waals surface area contributed by atoms with Gasteiger partial charge in [0.2, 0.25) is 0 Å². The summed E-state index contributed by atoms with van der Waals surface area (Å²) < 4.78 is 27.2. The topological polar surface area (TPSA) is 79.0 Å². The van der Waals surface area contributed by atoms with E-state index in [0.29, 0.717) is 21.2 Å². The number of pyridine rings is 1. The fourth-order valence-electron chi connectivity index (χ4n) is 1.43. The summed E-state index contributed by atoms with van der Waals surface area (Å²) in [5, 5.41) is 0. The number of hydrogen-bond acceptors (Lipinski definition) is 4. The van der Waals surface area contributed by atoms with Gasteiger partial charge in [0.1, 0.15) is 4.21 Å². The molecule has 0 saturated heterocycles. The molecule has 0 amide bonds. The summed E-state index contributed by atoms with van der Waals surface area (Å²) in [5.41, 5.74) is 1.20. The monoisotopic (exact) mass is 318 g/mol. The van der Waals surface area contributed by atoms with Gasteiger partial charge in [-0.1, -0.05) is 11.6 Å². The summed E-state index contributed by atoms with van der Waals surface area (Å²) in [6.07, 6.45) is 1.31. The van der Waals surface area contributed by atoms with E-state index in [4.69, 9.17) is 11.6 Å². The Bertz CT molecular complexity index is 758. The fraction of sp³-hybridized carbons (Fsp3) is 0.182. The number of aromatic nitrogens is 1. The van der Waals surface area contributed by atoms with Gasteiger partial charge < -0.3 is 4.98 Å². The van der Waals surface area contributed by atoms with Crippen molar-refractivity contribution >= 4 is 38.6 Å². The molecule has 0 fully saturated rings. The Morgan fingerprint density at radius 1 is 1.26 bits per heavy atom. The van der Waals surface area contributed by atoms with Gasteiger partial charge in [-0.2, -0.15) is 0 Å². The first-order valence-corrected chi connectivity index (χ1v) is 7.95. The van der Waals surface area contributed by atoms with Crippen LogP contribution in [0.2, 0.25) is 4.34 Å². The number of rotatable bonds is 3. The van der Waals surface area contributed by atoms with Crippen LogP contribution in [0.5, 0.6) is 0 Å². The lowest BCUT2D eigenvalue weighted by atomic mass is 10.3. The van der Waals surface area contributed by atoms with E-state index in [1.165, 1.54) is 18.3 Å². The Kier molecular flexibility index (Phi) is 3.71. The summed E-state index contributed by atoms with van der Waals surface area (Å²) in [6.45, 7) is 3.34. The Morgan fingerprint density at radius 2 is 1.95 bits per heavy atom. The summed E-state index contributed by atoms with van der Waals surface area (Å²) >= 11 is 6.85. The van der Waals surface area contributed by atoms with Crippen LogP contribution in [0.15, 0.2) is 27.3 Å². The quantitative estimate of drug-likeness (QED) is 0.912. The highest BCUT2D eigenvalue weighted by Gasteiger charge is 2.18. The Labute approximate surface area is 119 Å². The number of halogens is 1. The maximum absolute atomic E-state index is 12.1. The first kappa shape index (κ1) is 14.1. The summed E-state index contributed by atoms with van der Waals surface area (Å²) in [5.74, 6) is 0. The van der Waals surface area contributed by atoms with Gasteiger partial charge in [0.25, 0.3) is 15.6 Å². The van der Waals surface area contributed by atoms with Gasteiger partial charge in [-0.25, -0.2) is 8.42 Å². The molecule has 2 aromatic rings. The van der Waals surface area contributed by atoms with Crippen molar-refractivity contribution < 1.29 is 8.42 Å². The molecule has 8 heteroatoms. The van der Waals surface area contributed by atoms with Crippen molar-refractivity contribution in [2.45, 2.75) is 18.1 Å². The zero-order chi connectivity index (χ0) is 14.2. The van der Waals surface area contributed by atoms with Crippen molar-refractivity contribution in [3.63, 3.8) is 0 Å². The normalized spacial score (nSPS) is 11.5. The van der Waals surface area contributed by atoms with Gasteiger partial charge in [0.05, 0.1) is 10.0 Å². The van der Waals surface area contributed by atoms with E-state index < -0.39 is 10.0 Å². The van der Waals surface area contributed by atoms with Crippen molar-refractivity contribution in [1.82, 2.24) is 4.98 Å². The molecule has 0 bridgehead atoms. The van der Waals surface area contributed by atoms with Gasteiger partial charge in [-0.05, 0) is 31.5 Å². The van der Waals surface area contributed by atoms with E-state index in [0.717, 1.165) is 11.3 Å². The first-order valence-electron chi connectivity index (χ1n) is 5.27. The zero-order valence-electron chi connectivity index (χ0n) is 10.2. The number of anilines is 1. The molecular weight excluding hydrogens is 308 g/mol. The molecule has 2 aromatic heterocycles. The molecule has 0 atom stereocenters. The van der Waals surface area contributed by atoms with Crippen molar-refractivity contribution in [1.29, 1.82) is 0 Å². The van der Waals surface area contributed by atoms with Crippen molar-refractivity contribution in [2.75, 3.05) is 4.72 Å². The van der Waals surface area contributed by atoms with Crippen molar-refractivity contribution in [3.8, 4) is 0 Å². The van der Waals surface area contributed by atoms with Crippen LogP contribution in [-0.2, 0) is 10.0 Å².